The van der Waals surface area contributed by atoms with Gasteiger partial charge in [0.1, 0.15) is 12.0 Å². The van der Waals surface area contributed by atoms with E-state index in [1.807, 2.05) is 0 Å². The van der Waals surface area contributed by atoms with Crippen molar-refractivity contribution in [1.29, 1.82) is 0 Å². The molecular weight excluding hydrogens is 434 g/mol. The van der Waals surface area contributed by atoms with Gasteiger partial charge in [0, 0.05) is 10.8 Å². The molecule has 1 N–H and O–H groups in total. The summed E-state index contributed by atoms with van der Waals surface area (Å²) >= 11 is -0.610. The van der Waals surface area contributed by atoms with Gasteiger partial charge in [0.25, 0.3) is 0 Å². The number of carbonyl (C=O) groups is 2. The zero-order valence-corrected chi connectivity index (χ0v) is 18.3. The van der Waals surface area contributed by atoms with Crippen LogP contribution in [0.2, 0.25) is 0 Å². The Bertz CT molecular complexity index is 669. The highest BCUT2D eigenvalue weighted by molar-refractivity contribution is 7.96. The van der Waals surface area contributed by atoms with Crippen LogP contribution in [0, 0.1) is 28.6 Å². The molecule has 0 aromatic carbocycles. The molecule has 10 heteroatoms. The van der Waals surface area contributed by atoms with E-state index in [4.69, 9.17) is 14.7 Å². The SMILES string of the molecule is O=C(OCC12CC3CC(C1)CC(COC(=O)C(F)(F)SOOO)(C3)C2)C1CCCCC1. The predicted molar refractivity (Wildman–Crippen MR) is 105 cm³/mol. The average molecular weight is 465 g/mol. The Morgan fingerprint density at radius 1 is 0.968 bits per heavy atom. The lowest BCUT2D eigenvalue weighted by Crippen LogP contribution is -2.55. The molecule has 0 saturated heterocycles. The van der Waals surface area contributed by atoms with Crippen molar-refractivity contribution in [3.05, 3.63) is 0 Å². The van der Waals surface area contributed by atoms with E-state index >= 15 is 0 Å². The third-order valence-electron chi connectivity index (χ3n) is 7.68. The first-order valence-corrected chi connectivity index (χ1v) is 11.9. The van der Waals surface area contributed by atoms with Crippen LogP contribution in [0.3, 0.4) is 0 Å². The molecule has 2 atom stereocenters. The number of hydrogen-bond donors (Lipinski definition) is 1. The molecule has 0 spiro atoms. The van der Waals surface area contributed by atoms with Gasteiger partial charge in [0.2, 0.25) is 0 Å². The molecule has 5 aliphatic rings. The Morgan fingerprint density at radius 3 is 2.13 bits per heavy atom. The summed E-state index contributed by atoms with van der Waals surface area (Å²) in [7, 11) is 0. The molecule has 0 aromatic heterocycles. The van der Waals surface area contributed by atoms with Crippen molar-refractivity contribution >= 4 is 24.0 Å². The summed E-state index contributed by atoms with van der Waals surface area (Å²) < 4.78 is 42.0. The number of hydrogen-bond acceptors (Lipinski definition) is 8. The minimum atomic E-state index is -3.99. The molecule has 31 heavy (non-hydrogen) atoms. The fourth-order valence-electron chi connectivity index (χ4n) is 7.06. The molecule has 2 unspecified atom stereocenters. The number of carbonyl (C=O) groups excluding carboxylic acids is 2. The third-order valence-corrected chi connectivity index (χ3v) is 8.18. The highest BCUT2D eigenvalue weighted by atomic mass is 32.2. The van der Waals surface area contributed by atoms with Crippen LogP contribution in [0.15, 0.2) is 0 Å². The molecule has 0 amide bonds. The van der Waals surface area contributed by atoms with Gasteiger partial charge in [-0.15, -0.1) is 4.33 Å². The Kier molecular flexibility index (Phi) is 6.82. The third kappa shape index (κ3) is 5.17. The van der Waals surface area contributed by atoms with E-state index in [0.717, 1.165) is 57.8 Å². The minimum Gasteiger partial charge on any atom is -0.465 e. The number of halogens is 2. The summed E-state index contributed by atoms with van der Waals surface area (Å²) in [5, 5.41) is 7.19. The Hall–Kier alpha value is -0.970. The first-order chi connectivity index (χ1) is 14.7. The fraction of sp³-hybridized carbons (Fsp3) is 0.905. The lowest BCUT2D eigenvalue weighted by atomic mass is 9.44. The molecule has 176 valence electrons. The molecule has 5 rings (SSSR count). The van der Waals surface area contributed by atoms with Crippen LogP contribution in [-0.2, 0) is 28.4 Å². The maximum Gasteiger partial charge on any atom is 0.415 e. The molecule has 5 aliphatic carbocycles. The van der Waals surface area contributed by atoms with Crippen molar-refractivity contribution < 1.29 is 42.5 Å². The normalized spacial score (nSPS) is 35.2. The molecule has 0 aliphatic heterocycles. The van der Waals surface area contributed by atoms with Crippen LogP contribution in [-0.4, -0.2) is 35.7 Å². The summed E-state index contributed by atoms with van der Waals surface area (Å²) in [5.74, 6) is -0.937. The molecule has 5 fully saturated rings. The van der Waals surface area contributed by atoms with Crippen molar-refractivity contribution in [2.24, 2.45) is 28.6 Å². The number of ether oxygens (including phenoxy) is 2. The van der Waals surface area contributed by atoms with Gasteiger partial charge in [-0.05, 0) is 63.2 Å². The molecule has 0 radical (unpaired) electrons. The van der Waals surface area contributed by atoms with Crippen LogP contribution in [0.4, 0.5) is 8.78 Å². The van der Waals surface area contributed by atoms with E-state index in [1.54, 1.807) is 0 Å². The van der Waals surface area contributed by atoms with Gasteiger partial charge in [-0.1, -0.05) is 24.3 Å². The number of esters is 2. The zero-order valence-electron chi connectivity index (χ0n) is 17.5. The Morgan fingerprint density at radius 2 is 1.55 bits per heavy atom. The van der Waals surface area contributed by atoms with Gasteiger partial charge >= 0.3 is 17.2 Å². The lowest BCUT2D eigenvalue weighted by Gasteiger charge is -2.61. The average Bonchev–Trinajstić information content (AvgIpc) is 2.74. The van der Waals surface area contributed by atoms with Crippen molar-refractivity contribution in [2.75, 3.05) is 13.2 Å². The van der Waals surface area contributed by atoms with E-state index in [-0.39, 0.29) is 29.3 Å². The standard InChI is InChI=1S/C21H30F2O7S/c22-21(23,31-30-29-26)18(25)28-13-20-9-14-6-15(10-20)8-19(7-14,11-20)12-27-17(24)16-4-2-1-3-5-16/h14-16,26H,1-13H2. The maximum absolute atomic E-state index is 13.7. The van der Waals surface area contributed by atoms with Gasteiger partial charge in [-0.25, -0.2) is 10.1 Å². The quantitative estimate of drug-likeness (QED) is 0.223. The van der Waals surface area contributed by atoms with Crippen molar-refractivity contribution in [2.45, 2.75) is 75.9 Å². The molecule has 0 aromatic rings. The highest BCUT2D eigenvalue weighted by Gasteiger charge is 2.59. The summed E-state index contributed by atoms with van der Waals surface area (Å²) in [6, 6.07) is 0. The van der Waals surface area contributed by atoms with Gasteiger partial charge < -0.3 is 9.47 Å². The van der Waals surface area contributed by atoms with Crippen LogP contribution in [0.5, 0.6) is 0 Å². The second kappa shape index (κ2) is 9.11. The van der Waals surface area contributed by atoms with E-state index in [9.17, 15) is 18.4 Å². The van der Waals surface area contributed by atoms with Crippen molar-refractivity contribution in [3.63, 3.8) is 0 Å². The topological polar surface area (TPSA) is 91.3 Å². The number of alkyl halides is 2. The lowest BCUT2D eigenvalue weighted by molar-refractivity contribution is -0.433. The summed E-state index contributed by atoms with van der Waals surface area (Å²) in [6.45, 7) is 0.284. The van der Waals surface area contributed by atoms with Gasteiger partial charge in [-0.3, -0.25) is 4.79 Å². The largest absolute Gasteiger partial charge is 0.465 e. The van der Waals surface area contributed by atoms with Crippen LogP contribution in [0.25, 0.3) is 0 Å². The van der Waals surface area contributed by atoms with Gasteiger partial charge in [0.05, 0.1) is 19.1 Å². The predicted octanol–water partition coefficient (Wildman–Crippen LogP) is 4.90. The zero-order chi connectivity index (χ0) is 22.1. The summed E-state index contributed by atoms with van der Waals surface area (Å²) in [5.41, 5.74) is -0.502. The maximum atomic E-state index is 13.7. The number of rotatable bonds is 9. The Balaban J connectivity index is 1.36. The second-order valence-corrected chi connectivity index (χ2v) is 11.0. The molecule has 4 bridgehead atoms. The van der Waals surface area contributed by atoms with Crippen molar-refractivity contribution in [1.82, 2.24) is 0 Å². The van der Waals surface area contributed by atoms with Gasteiger partial charge in [-0.2, -0.15) is 8.78 Å². The van der Waals surface area contributed by atoms with E-state index < -0.39 is 23.3 Å². The fourth-order valence-corrected chi connectivity index (χ4v) is 7.31. The van der Waals surface area contributed by atoms with E-state index in [2.05, 4.69) is 9.37 Å². The molecule has 0 heterocycles. The molecule has 5 saturated carbocycles. The van der Waals surface area contributed by atoms with E-state index in [0.29, 0.717) is 24.9 Å². The highest BCUT2D eigenvalue weighted by Crippen LogP contribution is 2.65. The van der Waals surface area contributed by atoms with Crippen molar-refractivity contribution in [3.8, 4) is 0 Å². The van der Waals surface area contributed by atoms with Crippen LogP contribution < -0.4 is 0 Å². The van der Waals surface area contributed by atoms with Crippen LogP contribution >= 0.6 is 12.0 Å². The van der Waals surface area contributed by atoms with E-state index in [1.165, 1.54) is 6.42 Å². The molecule has 7 nitrogen and oxygen atoms in total. The smallest absolute Gasteiger partial charge is 0.415 e. The summed E-state index contributed by atoms with van der Waals surface area (Å²) in [6.07, 6.45) is 10.6. The first kappa shape index (κ1) is 23.2. The molecular formula is C21H30F2O7S. The Labute approximate surface area is 184 Å². The first-order valence-electron chi connectivity index (χ1n) is 11.1. The van der Waals surface area contributed by atoms with Crippen LogP contribution in [0.1, 0.15) is 70.6 Å². The second-order valence-electron chi connectivity index (χ2n) is 10.2. The minimum absolute atomic E-state index is 0.00225. The summed E-state index contributed by atoms with van der Waals surface area (Å²) in [4.78, 5) is 24.4. The monoisotopic (exact) mass is 464 g/mol. The van der Waals surface area contributed by atoms with Gasteiger partial charge in [0.15, 0.2) is 0 Å².